The standard InChI is InChI=1S/C12H16N2O/c1-3-4-9-15-12-6-5-10(2)14-11(12)7-8-13/h1,5-6H,4,7-9,13H2,2H3. The molecule has 80 valence electrons. The zero-order valence-corrected chi connectivity index (χ0v) is 8.99. The molecule has 2 N–H and O–H groups in total. The molecule has 0 aromatic carbocycles. The van der Waals surface area contributed by atoms with Gasteiger partial charge in [-0.25, -0.2) is 0 Å². The molecule has 0 fully saturated rings. The SMILES string of the molecule is C#CCCOc1ccc(C)nc1CCN. The first-order valence-corrected chi connectivity index (χ1v) is 5.00. The molecule has 3 heteroatoms. The molecule has 3 nitrogen and oxygen atoms in total. The van der Waals surface area contributed by atoms with Crippen molar-refractivity contribution in [3.05, 3.63) is 23.5 Å². The van der Waals surface area contributed by atoms with E-state index in [4.69, 9.17) is 16.9 Å². The van der Waals surface area contributed by atoms with Crippen LogP contribution in [0.5, 0.6) is 5.75 Å². The Kier molecular flexibility index (Phi) is 4.65. The summed E-state index contributed by atoms with van der Waals surface area (Å²) < 4.78 is 5.52. The van der Waals surface area contributed by atoms with Crippen LogP contribution in [0.1, 0.15) is 17.8 Å². The molecular formula is C12H16N2O. The van der Waals surface area contributed by atoms with Gasteiger partial charge in [-0.05, 0) is 25.6 Å². The molecule has 0 atom stereocenters. The Balaban J connectivity index is 2.72. The van der Waals surface area contributed by atoms with E-state index < -0.39 is 0 Å². The number of hydrogen-bond acceptors (Lipinski definition) is 3. The average molecular weight is 204 g/mol. The van der Waals surface area contributed by atoms with Crippen molar-refractivity contribution < 1.29 is 4.74 Å². The molecule has 0 aliphatic heterocycles. The zero-order chi connectivity index (χ0) is 11.1. The fraction of sp³-hybridized carbons (Fsp3) is 0.417. The van der Waals surface area contributed by atoms with Crippen molar-refractivity contribution in [1.82, 2.24) is 4.98 Å². The molecule has 0 bridgehead atoms. The largest absolute Gasteiger partial charge is 0.491 e. The Labute approximate surface area is 90.7 Å². The summed E-state index contributed by atoms with van der Waals surface area (Å²) in [6.45, 7) is 3.05. The van der Waals surface area contributed by atoms with Crippen LogP contribution in [0.15, 0.2) is 12.1 Å². The molecule has 1 aromatic rings. The third-order valence-corrected chi connectivity index (χ3v) is 1.96. The van der Waals surface area contributed by atoms with Crippen molar-refractivity contribution in [2.45, 2.75) is 19.8 Å². The molecule has 0 aliphatic carbocycles. The van der Waals surface area contributed by atoms with Crippen molar-refractivity contribution in [3.63, 3.8) is 0 Å². The van der Waals surface area contributed by atoms with Gasteiger partial charge in [0, 0.05) is 18.5 Å². The van der Waals surface area contributed by atoms with Crippen molar-refractivity contribution in [3.8, 4) is 18.1 Å². The van der Waals surface area contributed by atoms with Gasteiger partial charge < -0.3 is 10.5 Å². The molecule has 1 heterocycles. The van der Waals surface area contributed by atoms with Crippen molar-refractivity contribution in [2.24, 2.45) is 5.73 Å². The molecule has 1 rings (SSSR count). The van der Waals surface area contributed by atoms with Crippen LogP contribution in [-0.4, -0.2) is 18.1 Å². The van der Waals surface area contributed by atoms with Crippen LogP contribution < -0.4 is 10.5 Å². The van der Waals surface area contributed by atoms with Gasteiger partial charge in [-0.1, -0.05) is 0 Å². The fourth-order valence-corrected chi connectivity index (χ4v) is 1.26. The van der Waals surface area contributed by atoms with Gasteiger partial charge in [0.25, 0.3) is 0 Å². The third kappa shape index (κ3) is 3.61. The van der Waals surface area contributed by atoms with Crippen molar-refractivity contribution in [2.75, 3.05) is 13.2 Å². The molecule has 15 heavy (non-hydrogen) atoms. The van der Waals surface area contributed by atoms with E-state index in [0.717, 1.165) is 23.6 Å². The van der Waals surface area contributed by atoms with Gasteiger partial charge in [0.1, 0.15) is 5.75 Å². The predicted octanol–water partition coefficient (Wildman–Crippen LogP) is 1.29. The Hall–Kier alpha value is -1.53. The second-order valence-electron chi connectivity index (χ2n) is 3.24. The number of terminal acetylenes is 1. The minimum Gasteiger partial charge on any atom is -0.491 e. The monoisotopic (exact) mass is 204 g/mol. The van der Waals surface area contributed by atoms with Gasteiger partial charge in [-0.15, -0.1) is 12.3 Å². The highest BCUT2D eigenvalue weighted by molar-refractivity contribution is 5.29. The number of hydrogen-bond donors (Lipinski definition) is 1. The number of aromatic nitrogens is 1. The molecule has 0 spiro atoms. The smallest absolute Gasteiger partial charge is 0.140 e. The summed E-state index contributed by atoms with van der Waals surface area (Å²) in [6, 6.07) is 3.84. The fourth-order valence-electron chi connectivity index (χ4n) is 1.26. The maximum Gasteiger partial charge on any atom is 0.140 e. The van der Waals surface area contributed by atoms with E-state index in [1.807, 2.05) is 19.1 Å². The van der Waals surface area contributed by atoms with Crippen LogP contribution in [0.4, 0.5) is 0 Å². The van der Waals surface area contributed by atoms with Gasteiger partial charge in [-0.2, -0.15) is 0 Å². The van der Waals surface area contributed by atoms with E-state index >= 15 is 0 Å². The van der Waals surface area contributed by atoms with Crippen LogP contribution in [0.2, 0.25) is 0 Å². The van der Waals surface area contributed by atoms with E-state index in [2.05, 4.69) is 10.9 Å². The van der Waals surface area contributed by atoms with E-state index in [0.29, 0.717) is 19.6 Å². The topological polar surface area (TPSA) is 48.1 Å². The maximum absolute atomic E-state index is 5.52. The minimum absolute atomic E-state index is 0.527. The molecule has 0 unspecified atom stereocenters. The molecular weight excluding hydrogens is 188 g/mol. The molecule has 0 saturated heterocycles. The highest BCUT2D eigenvalue weighted by Crippen LogP contribution is 2.17. The third-order valence-electron chi connectivity index (χ3n) is 1.96. The Morgan fingerprint density at radius 3 is 3.00 bits per heavy atom. The predicted molar refractivity (Wildman–Crippen MR) is 60.7 cm³/mol. The number of pyridine rings is 1. The van der Waals surface area contributed by atoms with Gasteiger partial charge in [0.2, 0.25) is 0 Å². The first-order chi connectivity index (χ1) is 7.27. The lowest BCUT2D eigenvalue weighted by molar-refractivity contribution is 0.322. The zero-order valence-electron chi connectivity index (χ0n) is 8.99. The van der Waals surface area contributed by atoms with E-state index in [1.165, 1.54) is 0 Å². The molecule has 0 amide bonds. The summed E-state index contributed by atoms with van der Waals surface area (Å²) in [7, 11) is 0. The van der Waals surface area contributed by atoms with Gasteiger partial charge >= 0.3 is 0 Å². The van der Waals surface area contributed by atoms with Crippen LogP contribution in [0.25, 0.3) is 0 Å². The number of aryl methyl sites for hydroxylation is 1. The summed E-state index contributed by atoms with van der Waals surface area (Å²) in [4.78, 5) is 4.38. The van der Waals surface area contributed by atoms with Crippen LogP contribution in [0, 0.1) is 19.3 Å². The summed E-state index contributed by atoms with van der Waals surface area (Å²) >= 11 is 0. The van der Waals surface area contributed by atoms with Crippen LogP contribution >= 0.6 is 0 Å². The van der Waals surface area contributed by atoms with Crippen LogP contribution in [0.3, 0.4) is 0 Å². The van der Waals surface area contributed by atoms with Gasteiger partial charge in [0.15, 0.2) is 0 Å². The average Bonchev–Trinajstić information content (AvgIpc) is 2.22. The molecule has 0 aliphatic rings. The second kappa shape index (κ2) is 6.05. The summed E-state index contributed by atoms with van der Waals surface area (Å²) in [5, 5.41) is 0. The Morgan fingerprint density at radius 1 is 1.53 bits per heavy atom. The lowest BCUT2D eigenvalue weighted by Crippen LogP contribution is -2.08. The number of nitrogens with two attached hydrogens (primary N) is 1. The number of rotatable bonds is 5. The molecule has 1 aromatic heterocycles. The number of ether oxygens (including phenoxy) is 1. The number of nitrogens with zero attached hydrogens (tertiary/aromatic N) is 1. The first-order valence-electron chi connectivity index (χ1n) is 5.00. The highest BCUT2D eigenvalue weighted by Gasteiger charge is 2.04. The normalized spacial score (nSPS) is 9.67. The maximum atomic E-state index is 5.52. The highest BCUT2D eigenvalue weighted by atomic mass is 16.5. The van der Waals surface area contributed by atoms with E-state index in [-0.39, 0.29) is 0 Å². The quantitative estimate of drug-likeness (QED) is 0.581. The first kappa shape index (κ1) is 11.5. The molecule has 0 saturated carbocycles. The van der Waals surface area contributed by atoms with E-state index in [9.17, 15) is 0 Å². The van der Waals surface area contributed by atoms with E-state index in [1.54, 1.807) is 0 Å². The Bertz CT molecular complexity index is 355. The second-order valence-corrected chi connectivity index (χ2v) is 3.24. The van der Waals surface area contributed by atoms with Crippen LogP contribution in [-0.2, 0) is 6.42 Å². The summed E-state index contributed by atoms with van der Waals surface area (Å²) in [6.07, 6.45) is 6.48. The van der Waals surface area contributed by atoms with Gasteiger partial charge in [-0.3, -0.25) is 4.98 Å². The molecule has 0 radical (unpaired) electrons. The summed E-state index contributed by atoms with van der Waals surface area (Å²) in [5.74, 6) is 3.32. The van der Waals surface area contributed by atoms with Crippen molar-refractivity contribution >= 4 is 0 Å². The van der Waals surface area contributed by atoms with Gasteiger partial charge in [0.05, 0.1) is 12.3 Å². The lowest BCUT2D eigenvalue weighted by atomic mass is 10.2. The minimum atomic E-state index is 0.527. The van der Waals surface area contributed by atoms with Crippen molar-refractivity contribution in [1.29, 1.82) is 0 Å². The summed E-state index contributed by atoms with van der Waals surface area (Å²) in [5.41, 5.74) is 7.39. The Morgan fingerprint density at radius 2 is 2.33 bits per heavy atom. The lowest BCUT2D eigenvalue weighted by Gasteiger charge is -2.09.